The van der Waals surface area contributed by atoms with Gasteiger partial charge in [0.05, 0.1) is 45.4 Å². The minimum atomic E-state index is -0.826. The van der Waals surface area contributed by atoms with Crippen LogP contribution in [0.25, 0.3) is 0 Å². The molecule has 0 radical (unpaired) electrons. The Bertz CT molecular complexity index is 444. The molecule has 0 spiro atoms. The van der Waals surface area contributed by atoms with Crippen molar-refractivity contribution in [2.75, 3.05) is 26.2 Å². The van der Waals surface area contributed by atoms with Crippen LogP contribution >= 0.6 is 0 Å². The summed E-state index contributed by atoms with van der Waals surface area (Å²) in [6.07, 6.45) is 14.3. The number of hydrogen-bond donors (Lipinski definition) is 3. The van der Waals surface area contributed by atoms with Crippen LogP contribution in [0.15, 0.2) is 0 Å². The van der Waals surface area contributed by atoms with Gasteiger partial charge in [-0.2, -0.15) is 0 Å². The molecule has 3 N–H and O–H groups in total. The van der Waals surface area contributed by atoms with Gasteiger partial charge in [-0.3, -0.25) is 14.4 Å². The molecule has 0 aliphatic rings. The van der Waals surface area contributed by atoms with E-state index in [9.17, 15) is 14.4 Å². The zero-order valence-corrected chi connectivity index (χ0v) is 19.7. The Morgan fingerprint density at radius 3 is 1.10 bits per heavy atom. The largest absolute Gasteiger partial charge is 0.481 e. The second-order valence-corrected chi connectivity index (χ2v) is 8.91. The SMILES string of the molecule is CCCCCCCCCCCC[N+](CCCC(=O)O)(CCCC(=O)O)CCCC(=O)O. The molecule has 0 amide bonds. The first kappa shape index (κ1) is 29.4. The highest BCUT2D eigenvalue weighted by molar-refractivity contribution is 5.67. The predicted molar refractivity (Wildman–Crippen MR) is 122 cm³/mol. The number of hydrogen-bond acceptors (Lipinski definition) is 3. The third-order valence-electron chi connectivity index (χ3n) is 6.06. The highest BCUT2D eigenvalue weighted by atomic mass is 16.4. The number of aliphatic carboxylic acids is 3. The summed E-state index contributed by atoms with van der Waals surface area (Å²) in [5.41, 5.74) is 0. The van der Waals surface area contributed by atoms with Crippen molar-refractivity contribution < 1.29 is 34.2 Å². The van der Waals surface area contributed by atoms with Gasteiger partial charge in [-0.25, -0.2) is 0 Å². The van der Waals surface area contributed by atoms with Crippen LogP contribution in [0, 0.1) is 0 Å². The Morgan fingerprint density at radius 2 is 0.774 bits per heavy atom. The van der Waals surface area contributed by atoms with Crippen LogP contribution in [0.4, 0.5) is 0 Å². The topological polar surface area (TPSA) is 112 Å². The van der Waals surface area contributed by atoms with Crippen LogP contribution in [-0.2, 0) is 14.4 Å². The highest BCUT2D eigenvalue weighted by Gasteiger charge is 2.27. The number of unbranched alkanes of at least 4 members (excludes halogenated alkanes) is 9. The predicted octanol–water partition coefficient (Wildman–Crippen LogP) is 5.32. The van der Waals surface area contributed by atoms with Crippen molar-refractivity contribution in [1.29, 1.82) is 0 Å². The molecule has 31 heavy (non-hydrogen) atoms. The third kappa shape index (κ3) is 18.8. The molecule has 0 aliphatic carbocycles. The normalized spacial score (nSPS) is 11.5. The third-order valence-corrected chi connectivity index (χ3v) is 6.06. The average molecular weight is 445 g/mol. The van der Waals surface area contributed by atoms with Gasteiger partial charge in [0.1, 0.15) is 0 Å². The Morgan fingerprint density at radius 1 is 0.484 bits per heavy atom. The van der Waals surface area contributed by atoms with Crippen LogP contribution < -0.4 is 0 Å². The lowest BCUT2D eigenvalue weighted by Gasteiger charge is -2.39. The van der Waals surface area contributed by atoms with Gasteiger partial charge < -0.3 is 19.8 Å². The van der Waals surface area contributed by atoms with Crippen LogP contribution in [-0.4, -0.2) is 63.9 Å². The molecule has 7 heteroatoms. The number of carbonyl (C=O) groups is 3. The summed E-state index contributed by atoms with van der Waals surface area (Å²) in [6, 6.07) is 0. The molecule has 0 saturated carbocycles. The van der Waals surface area contributed by atoms with Gasteiger partial charge in [-0.1, -0.05) is 58.3 Å². The quantitative estimate of drug-likeness (QED) is 0.145. The summed E-state index contributed by atoms with van der Waals surface area (Å²) in [7, 11) is 0. The Balaban J connectivity index is 4.60. The van der Waals surface area contributed by atoms with Crippen LogP contribution in [0.1, 0.15) is 110 Å². The summed E-state index contributed by atoms with van der Waals surface area (Å²) < 4.78 is 0.644. The molecule has 0 fully saturated rings. The van der Waals surface area contributed by atoms with Gasteiger partial charge in [-0.05, 0) is 12.8 Å². The second-order valence-electron chi connectivity index (χ2n) is 8.91. The standard InChI is InChI=1S/C24H45NO6/c1-2-3-4-5-6-7-8-9-10-11-18-25(19-12-15-22(26)27,20-13-16-23(28)29)21-14-17-24(30)31/h2-21H2,1H3,(H2-,26,27,28,29,30,31)/p+1. The Kier molecular flexibility index (Phi) is 18.1. The lowest BCUT2D eigenvalue weighted by atomic mass is 10.1. The molecular weight excluding hydrogens is 398 g/mol. The first-order valence-electron chi connectivity index (χ1n) is 12.3. The Labute approximate surface area is 188 Å². The second kappa shape index (κ2) is 19.1. The Hall–Kier alpha value is -1.63. The fourth-order valence-corrected chi connectivity index (χ4v) is 4.30. The summed E-state index contributed by atoms with van der Waals surface area (Å²) in [5, 5.41) is 27.0. The fourth-order valence-electron chi connectivity index (χ4n) is 4.30. The highest BCUT2D eigenvalue weighted by Crippen LogP contribution is 2.18. The van der Waals surface area contributed by atoms with Crippen molar-refractivity contribution in [1.82, 2.24) is 0 Å². The lowest BCUT2D eigenvalue weighted by Crippen LogP contribution is -2.51. The van der Waals surface area contributed by atoms with Crippen LogP contribution in [0.5, 0.6) is 0 Å². The van der Waals surface area contributed by atoms with Crippen molar-refractivity contribution in [2.45, 2.75) is 110 Å². The van der Waals surface area contributed by atoms with E-state index < -0.39 is 17.9 Å². The maximum Gasteiger partial charge on any atom is 0.303 e. The number of rotatable bonds is 23. The smallest absolute Gasteiger partial charge is 0.303 e. The maximum absolute atomic E-state index is 11.0. The minimum Gasteiger partial charge on any atom is -0.481 e. The zero-order chi connectivity index (χ0) is 23.4. The molecular formula is C24H46NO6+. The monoisotopic (exact) mass is 444 g/mol. The van der Waals surface area contributed by atoms with E-state index in [-0.39, 0.29) is 19.3 Å². The van der Waals surface area contributed by atoms with E-state index in [4.69, 9.17) is 15.3 Å². The van der Waals surface area contributed by atoms with E-state index >= 15 is 0 Å². The van der Waals surface area contributed by atoms with Crippen molar-refractivity contribution in [2.24, 2.45) is 0 Å². The number of nitrogens with zero attached hydrogens (tertiary/aromatic N) is 1. The van der Waals surface area contributed by atoms with Crippen molar-refractivity contribution in [3.05, 3.63) is 0 Å². The molecule has 182 valence electrons. The molecule has 0 aromatic heterocycles. The molecule has 0 rings (SSSR count). The van der Waals surface area contributed by atoms with E-state index in [0.717, 1.165) is 19.4 Å². The minimum absolute atomic E-state index is 0.0931. The van der Waals surface area contributed by atoms with Crippen LogP contribution in [0.3, 0.4) is 0 Å². The van der Waals surface area contributed by atoms with E-state index in [1.165, 1.54) is 51.4 Å². The average Bonchev–Trinajstić information content (AvgIpc) is 2.68. The summed E-state index contributed by atoms with van der Waals surface area (Å²) in [4.78, 5) is 32.9. The van der Waals surface area contributed by atoms with Gasteiger partial charge in [-0.15, -0.1) is 0 Å². The van der Waals surface area contributed by atoms with Gasteiger partial charge in [0.15, 0.2) is 0 Å². The first-order chi connectivity index (χ1) is 14.8. The lowest BCUT2D eigenvalue weighted by molar-refractivity contribution is -0.929. The van der Waals surface area contributed by atoms with Gasteiger partial charge in [0.25, 0.3) is 0 Å². The van der Waals surface area contributed by atoms with Gasteiger partial charge >= 0.3 is 17.9 Å². The van der Waals surface area contributed by atoms with Crippen molar-refractivity contribution in [3.63, 3.8) is 0 Å². The van der Waals surface area contributed by atoms with E-state index in [2.05, 4.69) is 6.92 Å². The molecule has 7 nitrogen and oxygen atoms in total. The fraction of sp³-hybridized carbons (Fsp3) is 0.875. The number of carboxylic acids is 3. The number of quaternary nitrogens is 1. The molecule has 0 aromatic carbocycles. The molecule has 0 atom stereocenters. The summed E-state index contributed by atoms with van der Waals surface area (Å²) in [5.74, 6) is -2.48. The van der Waals surface area contributed by atoms with Crippen LogP contribution in [0.2, 0.25) is 0 Å². The van der Waals surface area contributed by atoms with E-state index in [1.54, 1.807) is 0 Å². The van der Waals surface area contributed by atoms with Crippen molar-refractivity contribution >= 4 is 17.9 Å². The summed E-state index contributed by atoms with van der Waals surface area (Å²) >= 11 is 0. The molecule has 0 heterocycles. The van der Waals surface area contributed by atoms with Crippen molar-refractivity contribution in [3.8, 4) is 0 Å². The van der Waals surface area contributed by atoms with Gasteiger partial charge in [0.2, 0.25) is 0 Å². The molecule has 0 bridgehead atoms. The molecule has 0 saturated heterocycles. The number of carboxylic acid groups (broad SMARTS) is 3. The van der Waals surface area contributed by atoms with E-state index in [1.807, 2.05) is 0 Å². The summed E-state index contributed by atoms with van der Waals surface area (Å²) in [6.45, 7) is 5.10. The van der Waals surface area contributed by atoms with E-state index in [0.29, 0.717) is 43.4 Å². The zero-order valence-electron chi connectivity index (χ0n) is 19.7. The molecule has 0 aliphatic heterocycles. The molecule has 0 unspecified atom stereocenters. The maximum atomic E-state index is 11.0. The first-order valence-corrected chi connectivity index (χ1v) is 12.3. The molecule has 0 aromatic rings. The van der Waals surface area contributed by atoms with Gasteiger partial charge in [0, 0.05) is 19.3 Å².